The van der Waals surface area contributed by atoms with Crippen molar-refractivity contribution in [1.82, 2.24) is 11.1 Å². The largest absolute Gasteiger partial charge is 0.369 e. The summed E-state index contributed by atoms with van der Waals surface area (Å²) in [6.45, 7) is 0. The Balaban J connectivity index is 0.00000261. The zero-order chi connectivity index (χ0) is 18.5. The number of carbonyl (C=O) groups is 1. The Morgan fingerprint density at radius 3 is 2.30 bits per heavy atom. The van der Waals surface area contributed by atoms with E-state index in [9.17, 15) is 13.6 Å². The zero-order valence-corrected chi connectivity index (χ0v) is 14.7. The lowest BCUT2D eigenvalue weighted by Gasteiger charge is -2.14. The SMILES string of the molecule is N.NC(=O)C(CCc1cccc(F)c1)c1ccc(-c2cccc(F)c2)nc1. The molecule has 0 saturated carbocycles. The van der Waals surface area contributed by atoms with Crippen LogP contribution in [0.4, 0.5) is 8.78 Å². The van der Waals surface area contributed by atoms with Gasteiger partial charge in [-0.25, -0.2) is 8.78 Å². The maximum atomic E-state index is 13.3. The van der Waals surface area contributed by atoms with Crippen LogP contribution < -0.4 is 11.9 Å². The monoisotopic (exact) mass is 369 g/mol. The van der Waals surface area contributed by atoms with Crippen LogP contribution in [0.1, 0.15) is 23.5 Å². The summed E-state index contributed by atoms with van der Waals surface area (Å²) in [5, 5.41) is 0. The van der Waals surface area contributed by atoms with E-state index in [1.165, 1.54) is 24.3 Å². The van der Waals surface area contributed by atoms with Gasteiger partial charge in [-0.2, -0.15) is 0 Å². The second-order valence-electron chi connectivity index (χ2n) is 6.11. The average Bonchev–Trinajstić information content (AvgIpc) is 2.62. The van der Waals surface area contributed by atoms with Crippen LogP contribution in [-0.4, -0.2) is 10.9 Å². The van der Waals surface area contributed by atoms with Crippen molar-refractivity contribution >= 4 is 5.91 Å². The van der Waals surface area contributed by atoms with Gasteiger partial charge in [0.2, 0.25) is 5.91 Å². The van der Waals surface area contributed by atoms with Crippen molar-refractivity contribution in [2.24, 2.45) is 5.73 Å². The van der Waals surface area contributed by atoms with Crippen molar-refractivity contribution in [1.29, 1.82) is 0 Å². The molecule has 1 aromatic heterocycles. The van der Waals surface area contributed by atoms with Crippen LogP contribution in [0.5, 0.6) is 0 Å². The molecule has 27 heavy (non-hydrogen) atoms. The van der Waals surface area contributed by atoms with Crippen molar-refractivity contribution < 1.29 is 13.6 Å². The second kappa shape index (κ2) is 9.00. The molecule has 1 amide bonds. The molecule has 140 valence electrons. The number of halogens is 2. The maximum Gasteiger partial charge on any atom is 0.225 e. The number of nitrogens with two attached hydrogens (primary N) is 1. The number of nitrogens with zero attached hydrogens (tertiary/aromatic N) is 1. The van der Waals surface area contributed by atoms with E-state index >= 15 is 0 Å². The highest BCUT2D eigenvalue weighted by Crippen LogP contribution is 2.24. The van der Waals surface area contributed by atoms with Crippen molar-refractivity contribution in [2.75, 3.05) is 0 Å². The summed E-state index contributed by atoms with van der Waals surface area (Å²) in [4.78, 5) is 16.2. The number of amides is 1. The van der Waals surface area contributed by atoms with Crippen molar-refractivity contribution in [3.8, 4) is 11.3 Å². The van der Waals surface area contributed by atoms with Gasteiger partial charge in [0.25, 0.3) is 0 Å². The predicted molar refractivity (Wildman–Crippen MR) is 101 cm³/mol. The molecule has 0 bridgehead atoms. The molecule has 0 spiro atoms. The Bertz CT molecular complexity index is 913. The van der Waals surface area contributed by atoms with Gasteiger partial charge < -0.3 is 11.9 Å². The van der Waals surface area contributed by atoms with Crippen LogP contribution >= 0.6 is 0 Å². The molecule has 0 aliphatic heterocycles. The third-order valence-corrected chi connectivity index (χ3v) is 4.26. The predicted octanol–water partition coefficient (Wildman–Crippen LogP) is 4.39. The smallest absolute Gasteiger partial charge is 0.225 e. The highest BCUT2D eigenvalue weighted by atomic mass is 19.1. The van der Waals surface area contributed by atoms with Gasteiger partial charge in [0, 0.05) is 11.8 Å². The fourth-order valence-electron chi connectivity index (χ4n) is 2.91. The molecular weight excluding hydrogens is 348 g/mol. The summed E-state index contributed by atoms with van der Waals surface area (Å²) < 4.78 is 26.6. The highest BCUT2D eigenvalue weighted by Gasteiger charge is 2.18. The molecule has 2 aromatic carbocycles. The van der Waals surface area contributed by atoms with E-state index in [2.05, 4.69) is 4.98 Å². The molecule has 1 unspecified atom stereocenters. The van der Waals surface area contributed by atoms with Gasteiger partial charge in [-0.15, -0.1) is 0 Å². The first-order chi connectivity index (χ1) is 12.5. The van der Waals surface area contributed by atoms with Crippen molar-refractivity contribution in [3.63, 3.8) is 0 Å². The van der Waals surface area contributed by atoms with Crippen LogP contribution in [0.15, 0.2) is 66.9 Å². The van der Waals surface area contributed by atoms with Crippen LogP contribution in [-0.2, 0) is 11.2 Å². The van der Waals surface area contributed by atoms with Crippen LogP contribution in [0.2, 0.25) is 0 Å². The van der Waals surface area contributed by atoms with Gasteiger partial charge in [0.15, 0.2) is 0 Å². The first-order valence-electron chi connectivity index (χ1n) is 8.28. The number of hydrogen-bond donors (Lipinski definition) is 2. The van der Waals surface area contributed by atoms with Gasteiger partial charge >= 0.3 is 0 Å². The van der Waals surface area contributed by atoms with E-state index in [0.29, 0.717) is 29.7 Å². The number of benzene rings is 2. The molecule has 0 aliphatic rings. The first kappa shape index (κ1) is 20.2. The standard InChI is InChI=1S/C21H18F2N2O.H3N/c22-17-5-1-3-14(11-17)7-9-19(21(24)26)16-8-10-20(25-13-16)15-4-2-6-18(23)12-15;/h1-6,8,10-13,19H,7,9H2,(H2,24,26);1H3. The normalized spacial score (nSPS) is 11.5. The Morgan fingerprint density at radius 1 is 1.00 bits per heavy atom. The third kappa shape index (κ3) is 5.18. The zero-order valence-electron chi connectivity index (χ0n) is 14.7. The van der Waals surface area contributed by atoms with E-state index in [0.717, 1.165) is 5.56 Å². The summed E-state index contributed by atoms with van der Waals surface area (Å²) in [6.07, 6.45) is 2.57. The lowest BCUT2D eigenvalue weighted by molar-refractivity contribution is -0.119. The Kier molecular flexibility index (Phi) is 6.73. The number of carbonyl (C=O) groups excluding carboxylic acids is 1. The van der Waals surface area contributed by atoms with Gasteiger partial charge in [-0.1, -0.05) is 30.3 Å². The molecule has 1 atom stereocenters. The minimum atomic E-state index is -0.521. The van der Waals surface area contributed by atoms with Gasteiger partial charge in [-0.3, -0.25) is 9.78 Å². The van der Waals surface area contributed by atoms with Crippen molar-refractivity contribution in [2.45, 2.75) is 18.8 Å². The molecule has 3 rings (SSSR count). The van der Waals surface area contributed by atoms with E-state index in [1.807, 2.05) is 6.07 Å². The van der Waals surface area contributed by atoms with Crippen LogP contribution in [0, 0.1) is 11.6 Å². The number of aryl methyl sites for hydroxylation is 1. The van der Waals surface area contributed by atoms with Crippen LogP contribution in [0.3, 0.4) is 0 Å². The van der Waals surface area contributed by atoms with E-state index in [4.69, 9.17) is 5.73 Å². The molecule has 1 heterocycles. The van der Waals surface area contributed by atoms with Gasteiger partial charge in [0.1, 0.15) is 11.6 Å². The Morgan fingerprint density at radius 2 is 1.70 bits per heavy atom. The lowest BCUT2D eigenvalue weighted by Crippen LogP contribution is -2.22. The van der Waals surface area contributed by atoms with E-state index in [1.54, 1.807) is 36.5 Å². The maximum absolute atomic E-state index is 13.3. The third-order valence-electron chi connectivity index (χ3n) is 4.26. The molecule has 5 N–H and O–H groups in total. The number of hydrogen-bond acceptors (Lipinski definition) is 3. The Hall–Kier alpha value is -3.12. The van der Waals surface area contributed by atoms with Crippen molar-refractivity contribution in [3.05, 3.63) is 89.6 Å². The Labute approximate surface area is 156 Å². The quantitative estimate of drug-likeness (QED) is 0.675. The van der Waals surface area contributed by atoms with Gasteiger partial charge in [-0.05, 0) is 54.3 Å². The molecule has 0 aliphatic carbocycles. The molecule has 0 fully saturated rings. The molecule has 3 aromatic rings. The van der Waals surface area contributed by atoms with E-state index in [-0.39, 0.29) is 17.8 Å². The number of rotatable bonds is 6. The fourth-order valence-corrected chi connectivity index (χ4v) is 2.91. The summed E-state index contributed by atoms with van der Waals surface area (Å²) in [5.41, 5.74) is 8.31. The summed E-state index contributed by atoms with van der Waals surface area (Å²) in [5.74, 6) is -1.62. The molecule has 0 saturated heterocycles. The molecule has 6 heteroatoms. The fraction of sp³-hybridized carbons (Fsp3) is 0.143. The van der Waals surface area contributed by atoms with Gasteiger partial charge in [0.05, 0.1) is 11.6 Å². The van der Waals surface area contributed by atoms with E-state index < -0.39 is 11.8 Å². The molecule has 4 nitrogen and oxygen atoms in total. The highest BCUT2D eigenvalue weighted by molar-refractivity contribution is 5.82. The molecular formula is C21H21F2N3O. The topological polar surface area (TPSA) is 91.0 Å². The lowest BCUT2D eigenvalue weighted by atomic mass is 9.92. The summed E-state index contributed by atoms with van der Waals surface area (Å²) in [7, 11) is 0. The number of aromatic nitrogens is 1. The number of pyridine rings is 1. The summed E-state index contributed by atoms with van der Waals surface area (Å²) >= 11 is 0. The average molecular weight is 369 g/mol. The second-order valence-corrected chi connectivity index (χ2v) is 6.11. The van der Waals surface area contributed by atoms with Crippen LogP contribution in [0.25, 0.3) is 11.3 Å². The minimum absolute atomic E-state index is 0. The minimum Gasteiger partial charge on any atom is -0.369 e. The summed E-state index contributed by atoms with van der Waals surface area (Å²) in [6, 6.07) is 15.9. The number of primary amides is 1. The molecule has 0 radical (unpaired) electrons. The first-order valence-corrected chi connectivity index (χ1v) is 8.28.